The Morgan fingerprint density at radius 2 is 2.09 bits per heavy atom. The number of aromatic nitrogens is 3. The van der Waals surface area contributed by atoms with E-state index in [1.54, 1.807) is 4.57 Å². The van der Waals surface area contributed by atoms with Crippen LogP contribution in [0.2, 0.25) is 0 Å². The molecular formula is C15H26N4O2S. The largest absolute Gasteiger partial charge is 0.352 e. The van der Waals surface area contributed by atoms with E-state index in [4.69, 9.17) is 0 Å². The van der Waals surface area contributed by atoms with Crippen molar-refractivity contribution < 1.29 is 4.79 Å². The standard InChI is InChI=1S/C15H26N4O2S/c1-3-10-19-14(21)17-18-15(19)22-11(2)13(20)16-12-8-6-4-5-7-9-12/h11-12H,3-10H2,1-2H3,(H,16,20)(H,17,21)/t11-/m0/s1. The minimum absolute atomic E-state index is 0.0374. The Morgan fingerprint density at radius 3 is 2.73 bits per heavy atom. The van der Waals surface area contributed by atoms with Gasteiger partial charge in [-0.3, -0.25) is 9.36 Å². The Morgan fingerprint density at radius 1 is 1.41 bits per heavy atom. The van der Waals surface area contributed by atoms with E-state index < -0.39 is 0 Å². The summed E-state index contributed by atoms with van der Waals surface area (Å²) < 4.78 is 1.60. The lowest BCUT2D eigenvalue weighted by atomic mass is 10.1. The van der Waals surface area contributed by atoms with Crippen molar-refractivity contribution in [3.05, 3.63) is 10.5 Å². The summed E-state index contributed by atoms with van der Waals surface area (Å²) >= 11 is 1.34. The normalized spacial score (nSPS) is 17.9. The zero-order valence-electron chi connectivity index (χ0n) is 13.4. The molecular weight excluding hydrogens is 300 g/mol. The third kappa shape index (κ3) is 4.63. The van der Waals surface area contributed by atoms with Crippen LogP contribution in [-0.4, -0.2) is 32.0 Å². The number of hydrogen-bond donors (Lipinski definition) is 2. The average Bonchev–Trinajstić information content (AvgIpc) is 2.70. The van der Waals surface area contributed by atoms with Crippen LogP contribution in [0.1, 0.15) is 58.8 Å². The maximum atomic E-state index is 12.3. The lowest BCUT2D eigenvalue weighted by molar-refractivity contribution is -0.121. The molecule has 0 radical (unpaired) electrons. The van der Waals surface area contributed by atoms with E-state index >= 15 is 0 Å². The van der Waals surface area contributed by atoms with Gasteiger partial charge < -0.3 is 5.32 Å². The molecule has 1 aromatic heterocycles. The topological polar surface area (TPSA) is 79.8 Å². The van der Waals surface area contributed by atoms with Gasteiger partial charge in [0.1, 0.15) is 0 Å². The molecule has 1 amide bonds. The second-order valence-electron chi connectivity index (χ2n) is 5.92. The Balaban J connectivity index is 1.92. The second kappa shape index (κ2) is 8.41. The lowest BCUT2D eigenvalue weighted by Gasteiger charge is -2.19. The molecule has 6 nitrogen and oxygen atoms in total. The van der Waals surface area contributed by atoms with E-state index in [9.17, 15) is 9.59 Å². The summed E-state index contributed by atoms with van der Waals surface area (Å²) in [5.41, 5.74) is -0.208. The fourth-order valence-electron chi connectivity index (χ4n) is 2.77. The molecule has 7 heteroatoms. The van der Waals surface area contributed by atoms with Gasteiger partial charge in [0, 0.05) is 12.6 Å². The monoisotopic (exact) mass is 326 g/mol. The number of nitrogens with one attached hydrogen (secondary N) is 2. The van der Waals surface area contributed by atoms with Crippen LogP contribution in [0.4, 0.5) is 0 Å². The molecule has 22 heavy (non-hydrogen) atoms. The quantitative estimate of drug-likeness (QED) is 0.621. The number of thioether (sulfide) groups is 1. The Kier molecular flexibility index (Phi) is 6.54. The molecule has 2 N–H and O–H groups in total. The average molecular weight is 326 g/mol. The maximum Gasteiger partial charge on any atom is 0.343 e. The number of aromatic amines is 1. The van der Waals surface area contributed by atoms with Crippen LogP contribution in [-0.2, 0) is 11.3 Å². The molecule has 1 heterocycles. The highest BCUT2D eigenvalue weighted by Crippen LogP contribution is 2.22. The number of nitrogens with zero attached hydrogens (tertiary/aromatic N) is 2. The minimum Gasteiger partial charge on any atom is -0.352 e. The van der Waals surface area contributed by atoms with Gasteiger partial charge in [-0.25, -0.2) is 9.89 Å². The molecule has 2 rings (SSSR count). The minimum atomic E-state index is -0.256. The fraction of sp³-hybridized carbons (Fsp3) is 0.800. The first-order valence-corrected chi connectivity index (χ1v) is 9.12. The molecule has 0 aromatic carbocycles. The second-order valence-corrected chi connectivity index (χ2v) is 7.23. The van der Waals surface area contributed by atoms with Gasteiger partial charge in [0.2, 0.25) is 5.91 Å². The van der Waals surface area contributed by atoms with Gasteiger partial charge >= 0.3 is 5.69 Å². The van der Waals surface area contributed by atoms with Crippen LogP contribution in [0.3, 0.4) is 0 Å². The summed E-state index contributed by atoms with van der Waals surface area (Å²) in [5.74, 6) is 0.0374. The molecule has 124 valence electrons. The summed E-state index contributed by atoms with van der Waals surface area (Å²) in [4.78, 5) is 24.0. The van der Waals surface area contributed by atoms with Crippen molar-refractivity contribution in [2.45, 2.75) is 81.8 Å². The van der Waals surface area contributed by atoms with Gasteiger partial charge in [-0.15, -0.1) is 5.10 Å². The summed E-state index contributed by atoms with van der Waals surface area (Å²) in [6.07, 6.45) is 7.94. The van der Waals surface area contributed by atoms with Gasteiger partial charge in [-0.2, -0.15) is 0 Å². The predicted octanol–water partition coefficient (Wildman–Crippen LogP) is 2.30. The molecule has 1 atom stereocenters. The molecule has 0 saturated heterocycles. The first-order valence-electron chi connectivity index (χ1n) is 8.24. The van der Waals surface area contributed by atoms with Crippen LogP contribution in [0.25, 0.3) is 0 Å². The van der Waals surface area contributed by atoms with Gasteiger partial charge in [0.05, 0.1) is 5.25 Å². The van der Waals surface area contributed by atoms with Crippen LogP contribution >= 0.6 is 11.8 Å². The number of carbonyl (C=O) groups excluding carboxylic acids is 1. The van der Waals surface area contributed by atoms with E-state index in [0.717, 1.165) is 19.3 Å². The zero-order valence-corrected chi connectivity index (χ0v) is 14.2. The third-order valence-corrected chi connectivity index (χ3v) is 5.11. The fourth-order valence-corrected chi connectivity index (χ4v) is 3.66. The molecule has 0 spiro atoms. The number of carbonyl (C=O) groups is 1. The highest BCUT2D eigenvalue weighted by atomic mass is 32.2. The van der Waals surface area contributed by atoms with Crippen LogP contribution < -0.4 is 11.0 Å². The first kappa shape index (κ1) is 17.1. The number of hydrogen-bond acceptors (Lipinski definition) is 4. The van der Waals surface area contributed by atoms with E-state index in [0.29, 0.717) is 17.7 Å². The molecule has 1 aromatic rings. The lowest BCUT2D eigenvalue weighted by Crippen LogP contribution is -2.39. The van der Waals surface area contributed by atoms with Crippen LogP contribution in [0.5, 0.6) is 0 Å². The van der Waals surface area contributed by atoms with E-state index in [2.05, 4.69) is 15.5 Å². The van der Waals surface area contributed by atoms with Crippen molar-refractivity contribution in [2.75, 3.05) is 0 Å². The smallest absolute Gasteiger partial charge is 0.343 e. The summed E-state index contributed by atoms with van der Waals surface area (Å²) in [6, 6.07) is 0.301. The number of rotatable bonds is 6. The molecule has 1 aliphatic rings. The molecule has 0 unspecified atom stereocenters. The Hall–Kier alpha value is -1.24. The van der Waals surface area contributed by atoms with Gasteiger partial charge in [-0.1, -0.05) is 44.4 Å². The van der Waals surface area contributed by atoms with E-state index in [-0.39, 0.29) is 16.8 Å². The maximum absolute atomic E-state index is 12.3. The van der Waals surface area contributed by atoms with Crippen molar-refractivity contribution in [1.29, 1.82) is 0 Å². The molecule has 1 fully saturated rings. The predicted molar refractivity (Wildman–Crippen MR) is 88.1 cm³/mol. The van der Waals surface area contributed by atoms with Crippen LogP contribution in [0.15, 0.2) is 9.95 Å². The van der Waals surface area contributed by atoms with Crippen molar-refractivity contribution in [3.63, 3.8) is 0 Å². The summed E-state index contributed by atoms with van der Waals surface area (Å²) in [6.45, 7) is 4.50. The first-order chi connectivity index (χ1) is 10.6. The molecule has 0 bridgehead atoms. The number of amides is 1. The summed E-state index contributed by atoms with van der Waals surface area (Å²) in [7, 11) is 0. The molecule has 1 aliphatic carbocycles. The van der Waals surface area contributed by atoms with E-state index in [1.807, 2.05) is 13.8 Å². The number of H-pyrrole nitrogens is 1. The van der Waals surface area contributed by atoms with Gasteiger partial charge in [-0.05, 0) is 26.2 Å². The zero-order chi connectivity index (χ0) is 15.9. The SMILES string of the molecule is CCCn1c(S[C@@H](C)C(=O)NC2CCCCCC2)n[nH]c1=O. The molecule has 0 aliphatic heterocycles. The molecule has 1 saturated carbocycles. The van der Waals surface area contributed by atoms with Gasteiger partial charge in [0.15, 0.2) is 5.16 Å². The third-order valence-electron chi connectivity index (χ3n) is 4.02. The highest BCUT2D eigenvalue weighted by Gasteiger charge is 2.22. The van der Waals surface area contributed by atoms with Crippen molar-refractivity contribution in [1.82, 2.24) is 20.1 Å². The Bertz CT molecular complexity index is 532. The van der Waals surface area contributed by atoms with Crippen LogP contribution in [0, 0.1) is 0 Å². The Labute approximate surface area is 135 Å². The van der Waals surface area contributed by atoms with Gasteiger partial charge in [0.25, 0.3) is 0 Å². The summed E-state index contributed by atoms with van der Waals surface area (Å²) in [5, 5.41) is 9.98. The van der Waals surface area contributed by atoms with Crippen molar-refractivity contribution in [3.8, 4) is 0 Å². The van der Waals surface area contributed by atoms with E-state index in [1.165, 1.54) is 37.4 Å². The highest BCUT2D eigenvalue weighted by molar-refractivity contribution is 8.00. The van der Waals surface area contributed by atoms with Crippen molar-refractivity contribution >= 4 is 17.7 Å². The van der Waals surface area contributed by atoms with Crippen molar-refractivity contribution in [2.24, 2.45) is 0 Å².